The number of carbonyl (C=O) groups excluding carboxylic acids is 1. The van der Waals surface area contributed by atoms with Crippen LogP contribution in [0.1, 0.15) is 32.3 Å². The maximum atomic E-state index is 14.0. The van der Waals surface area contributed by atoms with Gasteiger partial charge in [-0.1, -0.05) is 24.3 Å². The van der Waals surface area contributed by atoms with Crippen molar-refractivity contribution in [2.45, 2.75) is 45.7 Å². The lowest BCUT2D eigenvalue weighted by Crippen LogP contribution is -2.42. The first-order valence-corrected chi connectivity index (χ1v) is 12.7. The average molecular weight is 501 g/mol. The Morgan fingerprint density at radius 3 is 2.65 bits per heavy atom. The summed E-state index contributed by atoms with van der Waals surface area (Å²) >= 11 is 0. The van der Waals surface area contributed by atoms with Crippen LogP contribution < -0.4 is 21.5 Å². The van der Waals surface area contributed by atoms with E-state index in [4.69, 9.17) is 4.98 Å². The highest BCUT2D eigenvalue weighted by atomic mass is 16.2. The van der Waals surface area contributed by atoms with Crippen molar-refractivity contribution >= 4 is 28.8 Å². The molecule has 3 aromatic rings. The molecule has 0 spiro atoms. The largest absolute Gasteiger partial charge is 0.351 e. The molecule has 0 unspecified atom stereocenters. The van der Waals surface area contributed by atoms with Crippen LogP contribution in [-0.4, -0.2) is 63.1 Å². The van der Waals surface area contributed by atoms with Crippen molar-refractivity contribution in [1.82, 2.24) is 30.1 Å². The van der Waals surface area contributed by atoms with Gasteiger partial charge in [-0.05, 0) is 70.0 Å². The highest BCUT2D eigenvalue weighted by molar-refractivity contribution is 6.01. The number of pyridine rings is 1. The molecule has 37 heavy (non-hydrogen) atoms. The van der Waals surface area contributed by atoms with Gasteiger partial charge in [0.25, 0.3) is 5.56 Å². The molecule has 192 valence electrons. The van der Waals surface area contributed by atoms with Gasteiger partial charge in [-0.15, -0.1) is 0 Å². The van der Waals surface area contributed by atoms with Crippen LogP contribution in [0.2, 0.25) is 0 Å². The van der Waals surface area contributed by atoms with Crippen molar-refractivity contribution in [3.05, 3.63) is 64.7 Å². The van der Waals surface area contributed by atoms with Gasteiger partial charge in [0.1, 0.15) is 12.5 Å². The number of hydrogen-bond donors (Lipinski definition) is 3. The summed E-state index contributed by atoms with van der Waals surface area (Å²) in [4.78, 5) is 41.8. The van der Waals surface area contributed by atoms with Crippen LogP contribution in [0.3, 0.4) is 0 Å². The molecular weight excluding hydrogens is 468 g/mol. The lowest BCUT2D eigenvalue weighted by atomic mass is 10.0. The molecule has 2 amide bonds. The SMILES string of the molecule is Cc1ccccc1-c1cc2cnc(NC3CCNCC3)nc2n(C2=NCN(C(=O)NC(C)C)C=C2)c1=O. The Hall–Kier alpha value is -4.05. The molecule has 0 atom stereocenters. The lowest BCUT2D eigenvalue weighted by molar-refractivity contribution is 0.213. The fraction of sp³-hybridized carbons (Fsp3) is 0.370. The number of aromatic nitrogens is 3. The zero-order valence-electron chi connectivity index (χ0n) is 21.4. The molecule has 0 aliphatic carbocycles. The van der Waals surface area contributed by atoms with E-state index in [9.17, 15) is 9.59 Å². The van der Waals surface area contributed by atoms with Gasteiger partial charge >= 0.3 is 6.03 Å². The summed E-state index contributed by atoms with van der Waals surface area (Å²) in [6.07, 6.45) is 7.02. The lowest BCUT2D eigenvalue weighted by Gasteiger charge is -2.24. The summed E-state index contributed by atoms with van der Waals surface area (Å²) in [5.41, 5.74) is 2.63. The fourth-order valence-corrected chi connectivity index (χ4v) is 4.61. The summed E-state index contributed by atoms with van der Waals surface area (Å²) < 4.78 is 1.53. The van der Waals surface area contributed by atoms with E-state index in [2.05, 4.69) is 25.9 Å². The Labute approximate surface area is 215 Å². The normalized spacial score (nSPS) is 16.2. The number of aliphatic imine (C=N–C) groups is 1. The number of hydrogen-bond acceptors (Lipinski definition) is 7. The number of aryl methyl sites for hydroxylation is 1. The first-order valence-electron chi connectivity index (χ1n) is 12.7. The first-order chi connectivity index (χ1) is 17.9. The molecule has 2 aliphatic heterocycles. The van der Waals surface area contributed by atoms with E-state index in [1.54, 1.807) is 18.5 Å². The summed E-state index contributed by atoms with van der Waals surface area (Å²) in [6, 6.07) is 9.67. The predicted molar refractivity (Wildman–Crippen MR) is 146 cm³/mol. The average Bonchev–Trinajstić information content (AvgIpc) is 2.89. The summed E-state index contributed by atoms with van der Waals surface area (Å²) in [6.45, 7) is 7.76. The Kier molecular flexibility index (Phi) is 7.00. The fourth-order valence-electron chi connectivity index (χ4n) is 4.61. The van der Waals surface area contributed by atoms with E-state index in [0.29, 0.717) is 23.0 Å². The van der Waals surface area contributed by atoms with Gasteiger partial charge in [-0.2, -0.15) is 4.98 Å². The van der Waals surface area contributed by atoms with Crippen molar-refractivity contribution in [3.8, 4) is 11.1 Å². The van der Waals surface area contributed by atoms with E-state index in [-0.39, 0.29) is 30.3 Å². The van der Waals surface area contributed by atoms with Crippen LogP contribution in [0.15, 0.2) is 58.6 Å². The highest BCUT2D eigenvalue weighted by Crippen LogP contribution is 2.24. The summed E-state index contributed by atoms with van der Waals surface area (Å²) in [5, 5.41) is 10.4. The number of allylic oxidation sites excluding steroid dienone is 1. The molecule has 0 saturated carbocycles. The van der Waals surface area contributed by atoms with Crippen LogP contribution in [0.5, 0.6) is 0 Å². The van der Waals surface area contributed by atoms with E-state index in [1.807, 2.05) is 51.1 Å². The third-order valence-electron chi connectivity index (χ3n) is 6.54. The molecule has 1 saturated heterocycles. The second-order valence-electron chi connectivity index (χ2n) is 9.70. The van der Waals surface area contributed by atoms with Crippen LogP contribution in [0.25, 0.3) is 22.2 Å². The molecule has 3 N–H and O–H groups in total. The monoisotopic (exact) mass is 500 g/mol. The minimum Gasteiger partial charge on any atom is -0.351 e. The minimum atomic E-state index is -0.240. The maximum absolute atomic E-state index is 14.0. The second kappa shape index (κ2) is 10.5. The molecule has 2 aromatic heterocycles. The molecule has 1 aromatic carbocycles. The van der Waals surface area contributed by atoms with Gasteiger partial charge in [0.05, 0.1) is 0 Å². The van der Waals surface area contributed by atoms with Crippen LogP contribution >= 0.6 is 0 Å². The molecular formula is C27H32N8O2. The smallest absolute Gasteiger partial charge is 0.323 e. The van der Waals surface area contributed by atoms with Gasteiger partial charge in [-0.25, -0.2) is 19.3 Å². The van der Waals surface area contributed by atoms with Gasteiger partial charge in [0.15, 0.2) is 5.65 Å². The third-order valence-corrected chi connectivity index (χ3v) is 6.54. The maximum Gasteiger partial charge on any atom is 0.323 e. The standard InChI is InChI=1S/C27H32N8O2/c1-17(2)31-27(37)34-13-10-23(30-16-34)35-24-19(14-22(25(35)36)21-7-5-4-6-18(21)3)15-29-26(33-24)32-20-8-11-28-12-9-20/h4-7,10,13-15,17,20,28H,8-9,11-12,16H2,1-3H3,(H,31,37)(H,29,32,33). The number of benzene rings is 1. The number of piperidine rings is 1. The Balaban J connectivity index is 1.59. The second-order valence-corrected chi connectivity index (χ2v) is 9.70. The number of rotatable bonds is 4. The molecule has 1 fully saturated rings. The first kappa shape index (κ1) is 24.6. The van der Waals surface area contributed by atoms with Crippen LogP contribution in [-0.2, 0) is 0 Å². The van der Waals surface area contributed by atoms with E-state index in [0.717, 1.165) is 42.4 Å². The van der Waals surface area contributed by atoms with Crippen molar-refractivity contribution < 1.29 is 4.79 Å². The number of anilines is 1. The Bertz CT molecular complexity index is 1440. The van der Waals surface area contributed by atoms with E-state index >= 15 is 0 Å². The van der Waals surface area contributed by atoms with E-state index in [1.165, 1.54) is 9.47 Å². The van der Waals surface area contributed by atoms with Crippen molar-refractivity contribution in [3.63, 3.8) is 0 Å². The topological polar surface area (TPSA) is 117 Å². The number of nitrogens with zero attached hydrogens (tertiary/aromatic N) is 5. The highest BCUT2D eigenvalue weighted by Gasteiger charge is 2.21. The van der Waals surface area contributed by atoms with Crippen molar-refractivity contribution in [2.75, 3.05) is 25.1 Å². The molecule has 0 bridgehead atoms. The zero-order chi connectivity index (χ0) is 25.9. The minimum absolute atomic E-state index is 0.00574. The van der Waals surface area contributed by atoms with Gasteiger partial charge in [0.2, 0.25) is 5.95 Å². The van der Waals surface area contributed by atoms with Crippen molar-refractivity contribution in [1.29, 1.82) is 0 Å². The quantitative estimate of drug-likeness (QED) is 0.507. The number of fused-ring (bicyclic) bond motifs is 1. The molecule has 5 rings (SSSR count). The number of nitrogens with one attached hydrogen (secondary N) is 3. The zero-order valence-corrected chi connectivity index (χ0v) is 21.4. The number of amides is 2. The number of carbonyl (C=O) groups is 1. The van der Waals surface area contributed by atoms with E-state index < -0.39 is 0 Å². The Morgan fingerprint density at radius 1 is 1.16 bits per heavy atom. The molecule has 10 nitrogen and oxygen atoms in total. The molecule has 10 heteroatoms. The molecule has 2 aliphatic rings. The van der Waals surface area contributed by atoms with Gasteiger partial charge in [-0.3, -0.25) is 9.69 Å². The molecule has 0 radical (unpaired) electrons. The Morgan fingerprint density at radius 2 is 1.95 bits per heavy atom. The summed E-state index contributed by atoms with van der Waals surface area (Å²) in [5.74, 6) is 0.903. The van der Waals surface area contributed by atoms with Gasteiger partial charge < -0.3 is 16.0 Å². The molecule has 4 heterocycles. The predicted octanol–water partition coefficient (Wildman–Crippen LogP) is 3.08. The summed E-state index contributed by atoms with van der Waals surface area (Å²) in [7, 11) is 0. The van der Waals surface area contributed by atoms with Crippen LogP contribution in [0.4, 0.5) is 10.7 Å². The number of urea groups is 1. The van der Waals surface area contributed by atoms with Crippen molar-refractivity contribution in [2.24, 2.45) is 4.99 Å². The third kappa shape index (κ3) is 5.24. The van der Waals surface area contributed by atoms with Crippen LogP contribution in [0, 0.1) is 6.92 Å². The van der Waals surface area contributed by atoms with Gasteiger partial charge in [0, 0.05) is 35.4 Å².